The lowest BCUT2D eigenvalue weighted by molar-refractivity contribution is 0.119. The smallest absolute Gasteiger partial charge is 0.0737 e. The van der Waals surface area contributed by atoms with Gasteiger partial charge in [-0.05, 0) is 26.1 Å². The Morgan fingerprint density at radius 3 is 3.06 bits per heavy atom. The Labute approximate surface area is 95.8 Å². The molecule has 1 heterocycles. The van der Waals surface area contributed by atoms with Crippen molar-refractivity contribution in [2.75, 3.05) is 20.2 Å². The maximum absolute atomic E-state index is 5.63. The predicted octanol–water partition coefficient (Wildman–Crippen LogP) is 2.29. The summed E-state index contributed by atoms with van der Waals surface area (Å²) in [6.45, 7) is 2.50. The zero-order valence-corrected chi connectivity index (χ0v) is 9.62. The van der Waals surface area contributed by atoms with Crippen molar-refractivity contribution in [1.82, 2.24) is 10.3 Å². The first-order valence-corrected chi connectivity index (χ1v) is 5.69. The molecule has 16 heavy (non-hydrogen) atoms. The number of para-hydroxylation sites is 1. The molecular weight excluding hydrogens is 200 g/mol. The number of benzene rings is 1. The van der Waals surface area contributed by atoms with Crippen LogP contribution in [0.4, 0.5) is 0 Å². The van der Waals surface area contributed by atoms with E-state index in [0.717, 1.165) is 19.6 Å². The van der Waals surface area contributed by atoms with Crippen molar-refractivity contribution in [3.05, 3.63) is 36.0 Å². The van der Waals surface area contributed by atoms with Crippen molar-refractivity contribution < 1.29 is 4.74 Å². The number of ether oxygens (including phenoxy) is 1. The maximum Gasteiger partial charge on any atom is 0.0737 e. The monoisotopic (exact) mass is 218 g/mol. The minimum absolute atomic E-state index is 0.688. The van der Waals surface area contributed by atoms with Gasteiger partial charge in [-0.15, -0.1) is 0 Å². The van der Waals surface area contributed by atoms with Crippen LogP contribution in [0, 0.1) is 0 Å². The summed E-state index contributed by atoms with van der Waals surface area (Å²) in [4.78, 5) is 3.25. The molecule has 0 bridgehead atoms. The van der Waals surface area contributed by atoms with E-state index in [4.69, 9.17) is 4.74 Å². The van der Waals surface area contributed by atoms with Crippen molar-refractivity contribution in [1.29, 1.82) is 0 Å². The second-order valence-electron chi connectivity index (χ2n) is 3.87. The maximum atomic E-state index is 5.63. The lowest BCUT2D eigenvalue weighted by Crippen LogP contribution is -2.10. The summed E-state index contributed by atoms with van der Waals surface area (Å²) in [5, 5.41) is 4.37. The standard InChI is InChI=1S/C13H18N2O/c1-14-7-4-8-16-10-11-9-15-13-6-3-2-5-12(11)13/h2-3,5-6,9,14-15H,4,7-8,10H2,1H3. The molecular formula is C13H18N2O. The van der Waals surface area contributed by atoms with Crippen LogP contribution in [0.2, 0.25) is 0 Å². The third kappa shape index (κ3) is 2.62. The second-order valence-corrected chi connectivity index (χ2v) is 3.87. The zero-order valence-electron chi connectivity index (χ0n) is 9.62. The van der Waals surface area contributed by atoms with E-state index in [0.29, 0.717) is 6.61 Å². The van der Waals surface area contributed by atoms with Crippen LogP contribution in [0.3, 0.4) is 0 Å². The molecule has 2 rings (SSSR count). The van der Waals surface area contributed by atoms with E-state index < -0.39 is 0 Å². The van der Waals surface area contributed by atoms with Crippen molar-refractivity contribution >= 4 is 10.9 Å². The minimum Gasteiger partial charge on any atom is -0.377 e. The molecule has 0 atom stereocenters. The minimum atomic E-state index is 0.688. The van der Waals surface area contributed by atoms with Crippen LogP contribution >= 0.6 is 0 Å². The first-order valence-electron chi connectivity index (χ1n) is 5.69. The van der Waals surface area contributed by atoms with Gasteiger partial charge in [-0.3, -0.25) is 0 Å². The molecule has 1 aromatic heterocycles. The van der Waals surface area contributed by atoms with Gasteiger partial charge in [0.15, 0.2) is 0 Å². The van der Waals surface area contributed by atoms with Crippen LogP contribution in [-0.2, 0) is 11.3 Å². The van der Waals surface area contributed by atoms with Crippen molar-refractivity contribution in [3.63, 3.8) is 0 Å². The van der Waals surface area contributed by atoms with Crippen LogP contribution in [0.1, 0.15) is 12.0 Å². The van der Waals surface area contributed by atoms with Crippen molar-refractivity contribution in [2.24, 2.45) is 0 Å². The van der Waals surface area contributed by atoms with Gasteiger partial charge >= 0.3 is 0 Å². The zero-order chi connectivity index (χ0) is 11.2. The van der Waals surface area contributed by atoms with Crippen LogP contribution in [-0.4, -0.2) is 25.2 Å². The van der Waals surface area contributed by atoms with Gasteiger partial charge in [0.2, 0.25) is 0 Å². The molecule has 0 aliphatic rings. The fraction of sp³-hybridized carbons (Fsp3) is 0.385. The fourth-order valence-electron chi connectivity index (χ4n) is 1.78. The Balaban J connectivity index is 1.89. The van der Waals surface area contributed by atoms with Crippen molar-refractivity contribution in [2.45, 2.75) is 13.0 Å². The summed E-state index contributed by atoms with van der Waals surface area (Å²) in [5.74, 6) is 0. The summed E-state index contributed by atoms with van der Waals surface area (Å²) < 4.78 is 5.63. The van der Waals surface area contributed by atoms with E-state index in [-0.39, 0.29) is 0 Å². The molecule has 2 aromatic rings. The number of aromatic amines is 1. The van der Waals surface area contributed by atoms with Gasteiger partial charge in [-0.1, -0.05) is 18.2 Å². The van der Waals surface area contributed by atoms with E-state index in [9.17, 15) is 0 Å². The van der Waals surface area contributed by atoms with Gasteiger partial charge in [-0.2, -0.15) is 0 Å². The number of aromatic nitrogens is 1. The fourth-order valence-corrected chi connectivity index (χ4v) is 1.78. The predicted molar refractivity (Wildman–Crippen MR) is 66.5 cm³/mol. The molecule has 0 fully saturated rings. The number of nitrogens with one attached hydrogen (secondary N) is 2. The third-order valence-corrected chi connectivity index (χ3v) is 2.65. The van der Waals surface area contributed by atoms with E-state index in [1.54, 1.807) is 0 Å². The molecule has 0 unspecified atom stereocenters. The number of H-pyrrole nitrogens is 1. The first kappa shape index (κ1) is 11.2. The highest BCUT2D eigenvalue weighted by molar-refractivity contribution is 5.82. The highest BCUT2D eigenvalue weighted by atomic mass is 16.5. The Bertz CT molecular complexity index is 436. The van der Waals surface area contributed by atoms with Gasteiger partial charge < -0.3 is 15.0 Å². The number of rotatable bonds is 6. The van der Waals surface area contributed by atoms with E-state index >= 15 is 0 Å². The molecule has 86 valence electrons. The Morgan fingerprint density at radius 1 is 1.31 bits per heavy atom. The summed E-state index contributed by atoms with van der Waals surface area (Å²) in [6.07, 6.45) is 3.08. The van der Waals surface area contributed by atoms with E-state index in [2.05, 4.69) is 28.5 Å². The second kappa shape index (κ2) is 5.68. The van der Waals surface area contributed by atoms with Crippen LogP contribution in [0.25, 0.3) is 10.9 Å². The van der Waals surface area contributed by atoms with Crippen LogP contribution in [0.5, 0.6) is 0 Å². The molecule has 0 aliphatic heterocycles. The normalized spacial score (nSPS) is 11.1. The highest BCUT2D eigenvalue weighted by Crippen LogP contribution is 2.18. The largest absolute Gasteiger partial charge is 0.377 e. The van der Waals surface area contributed by atoms with Gasteiger partial charge in [0.1, 0.15) is 0 Å². The molecule has 3 heteroatoms. The SMILES string of the molecule is CNCCCOCc1c[nH]c2ccccc12. The number of hydrogen-bond donors (Lipinski definition) is 2. The lowest BCUT2D eigenvalue weighted by Gasteiger charge is -2.02. The molecule has 0 aliphatic carbocycles. The quantitative estimate of drug-likeness (QED) is 0.730. The molecule has 0 radical (unpaired) electrons. The molecule has 0 saturated carbocycles. The Kier molecular flexibility index (Phi) is 3.97. The summed E-state index contributed by atoms with van der Waals surface area (Å²) >= 11 is 0. The van der Waals surface area contributed by atoms with Crippen LogP contribution < -0.4 is 5.32 Å². The first-order chi connectivity index (χ1) is 7.92. The van der Waals surface area contributed by atoms with E-state index in [1.807, 2.05) is 19.3 Å². The molecule has 2 N–H and O–H groups in total. The summed E-state index contributed by atoms with van der Waals surface area (Å²) in [5.41, 5.74) is 2.41. The van der Waals surface area contributed by atoms with Gasteiger partial charge in [0.05, 0.1) is 6.61 Å². The van der Waals surface area contributed by atoms with E-state index in [1.165, 1.54) is 16.5 Å². The molecule has 0 spiro atoms. The number of hydrogen-bond acceptors (Lipinski definition) is 2. The van der Waals surface area contributed by atoms with Crippen LogP contribution in [0.15, 0.2) is 30.5 Å². The summed E-state index contributed by atoms with van der Waals surface area (Å²) in [6, 6.07) is 8.30. The topological polar surface area (TPSA) is 37.0 Å². The lowest BCUT2D eigenvalue weighted by atomic mass is 10.2. The third-order valence-electron chi connectivity index (χ3n) is 2.65. The van der Waals surface area contributed by atoms with Crippen molar-refractivity contribution in [3.8, 4) is 0 Å². The Hall–Kier alpha value is -1.32. The Morgan fingerprint density at radius 2 is 2.19 bits per heavy atom. The van der Waals surface area contributed by atoms with Gasteiger partial charge in [0, 0.05) is 29.3 Å². The molecule has 0 amide bonds. The average molecular weight is 218 g/mol. The van der Waals surface area contributed by atoms with Gasteiger partial charge in [-0.25, -0.2) is 0 Å². The summed E-state index contributed by atoms with van der Waals surface area (Å²) in [7, 11) is 1.96. The highest BCUT2D eigenvalue weighted by Gasteiger charge is 2.01. The average Bonchev–Trinajstić information content (AvgIpc) is 2.73. The molecule has 0 saturated heterocycles. The number of fused-ring (bicyclic) bond motifs is 1. The van der Waals surface area contributed by atoms with Gasteiger partial charge in [0.25, 0.3) is 0 Å². The molecule has 1 aromatic carbocycles. The molecule has 3 nitrogen and oxygen atoms in total.